The topological polar surface area (TPSA) is 0 Å². The minimum Gasteiger partial charge on any atom is -0.0740 e. The van der Waals surface area contributed by atoms with Gasteiger partial charge in [-0.05, 0) is 36.3 Å². The van der Waals surface area contributed by atoms with Crippen molar-refractivity contribution in [2.45, 2.75) is 42.4 Å². The molecule has 1 atom stereocenters. The number of benzene rings is 1. The summed E-state index contributed by atoms with van der Waals surface area (Å²) in [5.74, 6) is 0. The Labute approximate surface area is 100 Å². The van der Waals surface area contributed by atoms with E-state index in [0.29, 0.717) is 8.84 Å². The highest BCUT2D eigenvalue weighted by Crippen LogP contribution is 2.48. The van der Waals surface area contributed by atoms with Crippen molar-refractivity contribution < 1.29 is 0 Å². The van der Waals surface area contributed by atoms with E-state index in [0.717, 1.165) is 0 Å². The van der Waals surface area contributed by atoms with Gasteiger partial charge in [0.2, 0.25) is 0 Å². The second kappa shape index (κ2) is 3.22. The number of alkyl halides is 1. The molecule has 14 heavy (non-hydrogen) atoms. The average molecular weight is 300 g/mol. The predicted octanol–water partition coefficient (Wildman–Crippen LogP) is 4.41. The first-order chi connectivity index (χ1) is 6.43. The van der Waals surface area contributed by atoms with Crippen LogP contribution in [-0.4, -0.2) is 0 Å². The van der Waals surface area contributed by atoms with Gasteiger partial charge in [-0.15, -0.1) is 0 Å². The van der Waals surface area contributed by atoms with Crippen molar-refractivity contribution >= 4 is 22.6 Å². The van der Waals surface area contributed by atoms with E-state index in [2.05, 4.69) is 67.6 Å². The molecule has 2 rings (SSSR count). The summed E-state index contributed by atoms with van der Waals surface area (Å²) in [6.07, 6.45) is 2.58. The Bertz CT molecular complexity index is 315. The van der Waals surface area contributed by atoms with Crippen molar-refractivity contribution in [2.75, 3.05) is 0 Å². The van der Waals surface area contributed by atoms with Gasteiger partial charge in [-0.25, -0.2) is 0 Å². The molecule has 0 fully saturated rings. The number of fused-ring (bicyclic) bond motifs is 1. The zero-order valence-corrected chi connectivity index (χ0v) is 11.3. The lowest BCUT2D eigenvalue weighted by molar-refractivity contribution is 0.394. The Morgan fingerprint density at radius 2 is 1.57 bits per heavy atom. The molecule has 1 aromatic rings. The molecule has 0 radical (unpaired) electrons. The van der Waals surface area contributed by atoms with E-state index in [-0.39, 0.29) is 0 Å². The number of halogens is 1. The second-order valence-corrected chi connectivity index (χ2v) is 7.51. The van der Waals surface area contributed by atoms with Crippen LogP contribution in [0, 0.1) is 0 Å². The highest BCUT2D eigenvalue weighted by atomic mass is 127. The molecular weight excluding hydrogens is 283 g/mol. The Morgan fingerprint density at radius 1 is 1.00 bits per heavy atom. The summed E-state index contributed by atoms with van der Waals surface area (Å²) in [5, 5.41) is 0. The SMILES string of the molecule is CC1(C)CCC(C)(I)c2ccccc21. The van der Waals surface area contributed by atoms with Crippen LogP contribution in [0.2, 0.25) is 0 Å². The Hall–Kier alpha value is -0.0500. The molecule has 0 saturated carbocycles. The lowest BCUT2D eigenvalue weighted by Crippen LogP contribution is -2.31. The maximum Gasteiger partial charge on any atom is 0.0445 e. The maximum absolute atomic E-state index is 2.60. The van der Waals surface area contributed by atoms with Crippen LogP contribution >= 0.6 is 22.6 Å². The second-order valence-electron chi connectivity index (χ2n) is 5.13. The monoisotopic (exact) mass is 300 g/mol. The molecule has 1 aliphatic rings. The van der Waals surface area contributed by atoms with Crippen molar-refractivity contribution in [3.8, 4) is 0 Å². The van der Waals surface area contributed by atoms with Gasteiger partial charge in [-0.1, -0.05) is 60.7 Å². The Morgan fingerprint density at radius 3 is 2.14 bits per heavy atom. The van der Waals surface area contributed by atoms with Crippen molar-refractivity contribution in [1.82, 2.24) is 0 Å². The third-order valence-electron chi connectivity index (χ3n) is 3.44. The normalized spacial score (nSPS) is 29.7. The third-order valence-corrected chi connectivity index (χ3v) is 4.56. The fourth-order valence-corrected chi connectivity index (χ4v) is 3.08. The van der Waals surface area contributed by atoms with Crippen LogP contribution in [0.15, 0.2) is 24.3 Å². The summed E-state index contributed by atoms with van der Waals surface area (Å²) in [6, 6.07) is 8.92. The van der Waals surface area contributed by atoms with Gasteiger partial charge < -0.3 is 0 Å². The average Bonchev–Trinajstić information content (AvgIpc) is 2.14. The molecule has 0 N–H and O–H groups in total. The van der Waals surface area contributed by atoms with E-state index in [4.69, 9.17) is 0 Å². The van der Waals surface area contributed by atoms with Crippen molar-refractivity contribution in [1.29, 1.82) is 0 Å². The lowest BCUT2D eigenvalue weighted by atomic mass is 9.69. The summed E-state index contributed by atoms with van der Waals surface area (Å²) in [7, 11) is 0. The molecule has 0 aliphatic heterocycles. The fourth-order valence-electron chi connectivity index (χ4n) is 2.34. The molecular formula is C13H17I. The van der Waals surface area contributed by atoms with Gasteiger partial charge >= 0.3 is 0 Å². The van der Waals surface area contributed by atoms with Gasteiger partial charge in [0.05, 0.1) is 0 Å². The molecule has 1 unspecified atom stereocenters. The zero-order chi connectivity index (χ0) is 10.4. The molecule has 1 aromatic carbocycles. The van der Waals surface area contributed by atoms with E-state index >= 15 is 0 Å². The van der Waals surface area contributed by atoms with Gasteiger partial charge in [0.1, 0.15) is 0 Å². The van der Waals surface area contributed by atoms with Crippen molar-refractivity contribution in [2.24, 2.45) is 0 Å². The Kier molecular flexibility index (Phi) is 2.41. The lowest BCUT2D eigenvalue weighted by Gasteiger charge is -2.40. The molecule has 0 saturated heterocycles. The van der Waals surface area contributed by atoms with Gasteiger partial charge in [0.25, 0.3) is 0 Å². The van der Waals surface area contributed by atoms with Crippen LogP contribution in [0.1, 0.15) is 44.7 Å². The van der Waals surface area contributed by atoms with Gasteiger partial charge in [0.15, 0.2) is 0 Å². The predicted molar refractivity (Wildman–Crippen MR) is 70.1 cm³/mol. The number of rotatable bonds is 0. The zero-order valence-electron chi connectivity index (χ0n) is 9.10. The summed E-state index contributed by atoms with van der Waals surface area (Å²) < 4.78 is 0.337. The van der Waals surface area contributed by atoms with Crippen LogP contribution in [0.5, 0.6) is 0 Å². The first kappa shape index (κ1) is 10.5. The highest BCUT2D eigenvalue weighted by molar-refractivity contribution is 14.1. The summed E-state index contributed by atoms with van der Waals surface area (Å²) in [4.78, 5) is 0. The van der Waals surface area contributed by atoms with Crippen LogP contribution in [-0.2, 0) is 8.84 Å². The number of hydrogen-bond donors (Lipinski definition) is 0. The van der Waals surface area contributed by atoms with Crippen molar-refractivity contribution in [3.05, 3.63) is 35.4 Å². The maximum atomic E-state index is 2.60. The smallest absolute Gasteiger partial charge is 0.0445 e. The highest BCUT2D eigenvalue weighted by Gasteiger charge is 2.37. The quantitative estimate of drug-likeness (QED) is 0.492. The Balaban J connectivity index is 2.61. The molecule has 0 spiro atoms. The van der Waals surface area contributed by atoms with Gasteiger partial charge in [-0.3, -0.25) is 0 Å². The summed E-state index contributed by atoms with van der Waals surface area (Å²) >= 11 is 2.60. The largest absolute Gasteiger partial charge is 0.0740 e. The molecule has 76 valence electrons. The van der Waals surface area contributed by atoms with E-state index in [1.807, 2.05) is 0 Å². The molecule has 1 heteroatoms. The standard InChI is InChI=1S/C13H17I/c1-12(2)8-9-13(3,14)11-7-5-4-6-10(11)12/h4-7H,8-9H2,1-3H3. The van der Waals surface area contributed by atoms with E-state index in [9.17, 15) is 0 Å². The molecule has 0 amide bonds. The summed E-state index contributed by atoms with van der Waals surface area (Å²) in [5.41, 5.74) is 3.45. The van der Waals surface area contributed by atoms with Crippen LogP contribution in [0.25, 0.3) is 0 Å². The molecule has 0 heterocycles. The van der Waals surface area contributed by atoms with Gasteiger partial charge in [0, 0.05) is 3.42 Å². The van der Waals surface area contributed by atoms with Crippen molar-refractivity contribution in [3.63, 3.8) is 0 Å². The van der Waals surface area contributed by atoms with Crippen LogP contribution in [0.3, 0.4) is 0 Å². The van der Waals surface area contributed by atoms with Crippen LogP contribution < -0.4 is 0 Å². The van der Waals surface area contributed by atoms with Crippen LogP contribution in [0.4, 0.5) is 0 Å². The molecule has 1 aliphatic carbocycles. The van der Waals surface area contributed by atoms with E-state index in [1.54, 1.807) is 5.56 Å². The fraction of sp³-hybridized carbons (Fsp3) is 0.538. The third kappa shape index (κ3) is 1.60. The van der Waals surface area contributed by atoms with E-state index in [1.165, 1.54) is 18.4 Å². The van der Waals surface area contributed by atoms with Gasteiger partial charge in [-0.2, -0.15) is 0 Å². The first-order valence-corrected chi connectivity index (χ1v) is 6.30. The first-order valence-electron chi connectivity index (χ1n) is 5.22. The molecule has 0 aromatic heterocycles. The number of hydrogen-bond acceptors (Lipinski definition) is 0. The minimum atomic E-state index is 0.337. The van der Waals surface area contributed by atoms with E-state index < -0.39 is 0 Å². The molecule has 0 bridgehead atoms. The summed E-state index contributed by atoms with van der Waals surface area (Å²) in [6.45, 7) is 7.07. The molecule has 0 nitrogen and oxygen atoms in total. The minimum absolute atomic E-state index is 0.337.